The number of carbonyl (C=O) groups is 1. The minimum Gasteiger partial charge on any atom is -0.480 e. The summed E-state index contributed by atoms with van der Waals surface area (Å²) in [6, 6.07) is 0.641. The second kappa shape index (κ2) is 5.55. The number of hydrogen-bond donors (Lipinski definition) is 2. The van der Waals surface area contributed by atoms with E-state index in [4.69, 9.17) is 0 Å². The highest BCUT2D eigenvalue weighted by Crippen LogP contribution is 2.22. The van der Waals surface area contributed by atoms with Crippen LogP contribution in [-0.2, 0) is 4.79 Å². The highest BCUT2D eigenvalue weighted by Gasteiger charge is 2.36. The third kappa shape index (κ3) is 2.84. The summed E-state index contributed by atoms with van der Waals surface area (Å²) in [6.07, 6.45) is 3.70. The molecule has 5 nitrogen and oxygen atoms in total. The SMILES string of the molecule is CNC(C)(CN1CCCN2CCCC2C1)C(=O)O. The van der Waals surface area contributed by atoms with E-state index in [-0.39, 0.29) is 0 Å². The first kappa shape index (κ1) is 13.8. The Hall–Kier alpha value is -0.650. The lowest BCUT2D eigenvalue weighted by molar-refractivity contribution is -0.144. The van der Waals surface area contributed by atoms with Crippen molar-refractivity contribution in [2.75, 3.05) is 39.8 Å². The van der Waals surface area contributed by atoms with Gasteiger partial charge in [0.2, 0.25) is 0 Å². The van der Waals surface area contributed by atoms with Crippen molar-refractivity contribution in [1.82, 2.24) is 15.1 Å². The number of nitrogens with one attached hydrogen (secondary N) is 1. The summed E-state index contributed by atoms with van der Waals surface area (Å²) in [7, 11) is 1.73. The van der Waals surface area contributed by atoms with Crippen LogP contribution in [-0.4, -0.2) is 72.2 Å². The van der Waals surface area contributed by atoms with Crippen LogP contribution in [0.1, 0.15) is 26.2 Å². The molecule has 2 aliphatic heterocycles. The largest absolute Gasteiger partial charge is 0.480 e. The standard InChI is InChI=1S/C13H25N3O2/c1-13(14-2,12(17)18)10-15-6-4-8-16-7-3-5-11(16)9-15/h11,14H,3-10H2,1-2H3,(H,17,18). The van der Waals surface area contributed by atoms with Crippen LogP contribution in [0.5, 0.6) is 0 Å². The molecule has 0 bridgehead atoms. The van der Waals surface area contributed by atoms with Crippen LogP contribution in [0.15, 0.2) is 0 Å². The molecule has 2 fully saturated rings. The quantitative estimate of drug-likeness (QED) is 0.752. The van der Waals surface area contributed by atoms with E-state index in [1.807, 2.05) is 0 Å². The summed E-state index contributed by atoms with van der Waals surface area (Å²) in [6.45, 7) is 6.78. The number of likely N-dealkylation sites (N-methyl/N-ethyl adjacent to an activating group) is 1. The molecule has 2 N–H and O–H groups in total. The average molecular weight is 255 g/mol. The number of nitrogens with zero attached hydrogens (tertiary/aromatic N) is 2. The first-order valence-corrected chi connectivity index (χ1v) is 6.94. The smallest absolute Gasteiger partial charge is 0.324 e. The molecule has 2 saturated heterocycles. The van der Waals surface area contributed by atoms with Gasteiger partial charge in [0.25, 0.3) is 0 Å². The Morgan fingerprint density at radius 1 is 1.39 bits per heavy atom. The summed E-state index contributed by atoms with van der Waals surface area (Å²) >= 11 is 0. The van der Waals surface area contributed by atoms with Crippen molar-refractivity contribution >= 4 is 5.97 Å². The second-order valence-corrected chi connectivity index (χ2v) is 5.81. The van der Waals surface area contributed by atoms with E-state index in [1.165, 1.54) is 25.9 Å². The highest BCUT2D eigenvalue weighted by atomic mass is 16.4. The van der Waals surface area contributed by atoms with Crippen LogP contribution in [0.3, 0.4) is 0 Å². The van der Waals surface area contributed by atoms with Crippen molar-refractivity contribution < 1.29 is 9.90 Å². The minimum atomic E-state index is -0.840. The van der Waals surface area contributed by atoms with Gasteiger partial charge in [-0.2, -0.15) is 0 Å². The molecule has 2 unspecified atom stereocenters. The van der Waals surface area contributed by atoms with Crippen LogP contribution < -0.4 is 5.32 Å². The fourth-order valence-electron chi connectivity index (χ4n) is 3.13. The molecular formula is C13H25N3O2. The Kier molecular flexibility index (Phi) is 4.25. The van der Waals surface area contributed by atoms with Gasteiger partial charge in [-0.1, -0.05) is 0 Å². The van der Waals surface area contributed by atoms with Crippen LogP contribution in [0.4, 0.5) is 0 Å². The van der Waals surface area contributed by atoms with Crippen molar-refractivity contribution in [2.24, 2.45) is 0 Å². The Morgan fingerprint density at radius 3 is 2.78 bits per heavy atom. The van der Waals surface area contributed by atoms with Crippen LogP contribution in [0, 0.1) is 0 Å². The van der Waals surface area contributed by atoms with E-state index in [0.29, 0.717) is 12.6 Å². The van der Waals surface area contributed by atoms with Gasteiger partial charge in [-0.25, -0.2) is 0 Å². The molecular weight excluding hydrogens is 230 g/mol. The van der Waals surface area contributed by atoms with Gasteiger partial charge in [0.15, 0.2) is 0 Å². The molecule has 0 radical (unpaired) electrons. The molecule has 18 heavy (non-hydrogen) atoms. The topological polar surface area (TPSA) is 55.8 Å². The lowest BCUT2D eigenvalue weighted by Crippen LogP contribution is -2.56. The first-order chi connectivity index (χ1) is 8.55. The Balaban J connectivity index is 1.98. The van der Waals surface area contributed by atoms with E-state index in [0.717, 1.165) is 19.5 Å². The zero-order valence-corrected chi connectivity index (χ0v) is 11.5. The van der Waals surface area contributed by atoms with Crippen molar-refractivity contribution in [1.29, 1.82) is 0 Å². The van der Waals surface area contributed by atoms with E-state index in [2.05, 4.69) is 15.1 Å². The molecule has 0 amide bonds. The van der Waals surface area contributed by atoms with Crippen LogP contribution in [0.25, 0.3) is 0 Å². The number of aliphatic carboxylic acids is 1. The molecule has 0 aromatic rings. The van der Waals surface area contributed by atoms with Crippen molar-refractivity contribution in [3.8, 4) is 0 Å². The third-order valence-corrected chi connectivity index (χ3v) is 4.45. The van der Waals surface area contributed by atoms with Gasteiger partial charge in [0.1, 0.15) is 5.54 Å². The summed E-state index contributed by atoms with van der Waals surface area (Å²) in [5, 5.41) is 12.3. The molecule has 2 atom stereocenters. The Bertz CT molecular complexity index is 311. The van der Waals surface area contributed by atoms with Gasteiger partial charge in [-0.3, -0.25) is 14.6 Å². The summed E-state index contributed by atoms with van der Waals surface area (Å²) in [4.78, 5) is 16.2. The molecule has 104 valence electrons. The monoisotopic (exact) mass is 255 g/mol. The number of hydrogen-bond acceptors (Lipinski definition) is 4. The van der Waals surface area contributed by atoms with Crippen molar-refractivity contribution in [3.63, 3.8) is 0 Å². The van der Waals surface area contributed by atoms with E-state index in [9.17, 15) is 9.90 Å². The first-order valence-electron chi connectivity index (χ1n) is 6.94. The lowest BCUT2D eigenvalue weighted by atomic mass is 10.0. The molecule has 2 heterocycles. The van der Waals surface area contributed by atoms with E-state index < -0.39 is 11.5 Å². The van der Waals surface area contributed by atoms with Crippen molar-refractivity contribution in [2.45, 2.75) is 37.8 Å². The fraction of sp³-hybridized carbons (Fsp3) is 0.923. The molecule has 5 heteroatoms. The van der Waals surface area contributed by atoms with Crippen LogP contribution in [0.2, 0.25) is 0 Å². The van der Waals surface area contributed by atoms with Crippen LogP contribution >= 0.6 is 0 Å². The fourth-order valence-corrected chi connectivity index (χ4v) is 3.13. The summed E-state index contributed by atoms with van der Waals surface area (Å²) in [5.41, 5.74) is -0.840. The lowest BCUT2D eigenvalue weighted by Gasteiger charge is -2.33. The van der Waals surface area contributed by atoms with Gasteiger partial charge in [-0.15, -0.1) is 0 Å². The molecule has 0 aromatic carbocycles. The number of rotatable bonds is 4. The molecule has 0 aromatic heterocycles. The maximum absolute atomic E-state index is 11.3. The van der Waals surface area contributed by atoms with Gasteiger partial charge in [0, 0.05) is 19.1 Å². The Labute approximate surface area is 109 Å². The van der Waals surface area contributed by atoms with Gasteiger partial charge in [0.05, 0.1) is 0 Å². The average Bonchev–Trinajstić information content (AvgIpc) is 2.68. The molecule has 0 spiro atoms. The number of carboxylic acids is 1. The van der Waals surface area contributed by atoms with Gasteiger partial charge in [-0.05, 0) is 52.9 Å². The molecule has 0 saturated carbocycles. The second-order valence-electron chi connectivity index (χ2n) is 5.81. The minimum absolute atomic E-state index is 0.586. The summed E-state index contributed by atoms with van der Waals surface area (Å²) < 4.78 is 0. The Morgan fingerprint density at radius 2 is 2.11 bits per heavy atom. The number of fused-ring (bicyclic) bond motifs is 1. The van der Waals surface area contributed by atoms with Gasteiger partial charge < -0.3 is 10.4 Å². The van der Waals surface area contributed by atoms with Crippen molar-refractivity contribution in [3.05, 3.63) is 0 Å². The maximum Gasteiger partial charge on any atom is 0.324 e. The highest BCUT2D eigenvalue weighted by molar-refractivity contribution is 5.78. The third-order valence-electron chi connectivity index (χ3n) is 4.45. The zero-order chi connectivity index (χ0) is 13.2. The predicted octanol–water partition coefficient (Wildman–Crippen LogP) is 0.219. The molecule has 0 aliphatic carbocycles. The zero-order valence-electron chi connectivity index (χ0n) is 11.5. The summed E-state index contributed by atoms with van der Waals surface area (Å²) in [5.74, 6) is -0.766. The predicted molar refractivity (Wildman–Crippen MR) is 70.8 cm³/mol. The van der Waals surface area contributed by atoms with Gasteiger partial charge >= 0.3 is 5.97 Å². The van der Waals surface area contributed by atoms with E-state index >= 15 is 0 Å². The molecule has 2 rings (SSSR count). The normalized spacial score (nSPS) is 29.6. The number of carboxylic acid groups (broad SMARTS) is 1. The van der Waals surface area contributed by atoms with E-state index in [1.54, 1.807) is 14.0 Å². The molecule has 2 aliphatic rings. The maximum atomic E-state index is 11.3.